The summed E-state index contributed by atoms with van der Waals surface area (Å²) < 4.78 is 5.05. The Morgan fingerprint density at radius 1 is 1.40 bits per heavy atom. The number of hydrogen-bond donors (Lipinski definition) is 1. The summed E-state index contributed by atoms with van der Waals surface area (Å²) in [5.74, 6) is 0.767. The van der Waals surface area contributed by atoms with Crippen molar-refractivity contribution < 1.29 is 4.74 Å². The molecule has 15 heavy (non-hydrogen) atoms. The van der Waals surface area contributed by atoms with Gasteiger partial charge in [0, 0.05) is 32.2 Å². The fourth-order valence-corrected chi connectivity index (χ4v) is 1.61. The van der Waals surface area contributed by atoms with Crippen molar-refractivity contribution in [1.82, 2.24) is 5.32 Å². The second kappa shape index (κ2) is 8.37. The number of ether oxygens (including phenoxy) is 1. The van der Waals surface area contributed by atoms with E-state index in [1.54, 1.807) is 7.11 Å². The average molecular weight is 236 g/mol. The predicted molar refractivity (Wildman–Crippen MR) is 67.7 cm³/mol. The van der Waals surface area contributed by atoms with Crippen LogP contribution in [0.2, 0.25) is 0 Å². The van der Waals surface area contributed by atoms with Crippen molar-refractivity contribution in [2.75, 3.05) is 26.1 Å². The minimum atomic E-state index is 0.343. The zero-order chi connectivity index (χ0) is 11.7. The van der Waals surface area contributed by atoms with E-state index in [9.17, 15) is 0 Å². The molecular formula is C12H26ClNO. The Bertz CT molecular complexity index is 151. The van der Waals surface area contributed by atoms with Crippen LogP contribution in [-0.4, -0.2) is 32.2 Å². The first kappa shape index (κ1) is 15.2. The van der Waals surface area contributed by atoms with Crippen LogP contribution >= 0.6 is 11.6 Å². The van der Waals surface area contributed by atoms with Crippen molar-refractivity contribution in [2.24, 2.45) is 5.41 Å². The molecule has 0 amide bonds. The van der Waals surface area contributed by atoms with E-state index in [0.29, 0.717) is 11.5 Å². The monoisotopic (exact) mass is 235 g/mol. The van der Waals surface area contributed by atoms with Gasteiger partial charge in [-0.2, -0.15) is 0 Å². The Labute approximate surface area is 99.7 Å². The topological polar surface area (TPSA) is 21.3 Å². The van der Waals surface area contributed by atoms with Gasteiger partial charge in [-0.05, 0) is 31.6 Å². The van der Waals surface area contributed by atoms with E-state index in [2.05, 4.69) is 26.1 Å². The van der Waals surface area contributed by atoms with Crippen molar-refractivity contribution >= 4 is 11.6 Å². The van der Waals surface area contributed by atoms with Crippen LogP contribution in [0.1, 0.15) is 40.0 Å². The number of nitrogens with one attached hydrogen (secondary N) is 1. The van der Waals surface area contributed by atoms with Crippen molar-refractivity contribution in [3.05, 3.63) is 0 Å². The Morgan fingerprint density at radius 2 is 2.07 bits per heavy atom. The molecule has 0 saturated heterocycles. The molecule has 0 rings (SSSR count). The third-order valence-corrected chi connectivity index (χ3v) is 2.94. The lowest BCUT2D eigenvalue weighted by Gasteiger charge is -2.27. The summed E-state index contributed by atoms with van der Waals surface area (Å²) in [4.78, 5) is 0. The Morgan fingerprint density at radius 3 is 2.60 bits per heavy atom. The smallest absolute Gasteiger partial charge is 0.0476 e. The fourth-order valence-electron chi connectivity index (χ4n) is 1.48. The summed E-state index contributed by atoms with van der Waals surface area (Å²) >= 11 is 5.70. The van der Waals surface area contributed by atoms with Gasteiger partial charge in [0.1, 0.15) is 0 Å². The molecule has 1 atom stereocenters. The molecular weight excluding hydrogens is 210 g/mol. The molecule has 0 fully saturated rings. The van der Waals surface area contributed by atoms with E-state index in [1.165, 1.54) is 6.42 Å². The largest absolute Gasteiger partial charge is 0.385 e. The fraction of sp³-hybridized carbons (Fsp3) is 1.00. The molecule has 1 unspecified atom stereocenters. The summed E-state index contributed by atoms with van der Waals surface area (Å²) in [5, 5.41) is 3.54. The highest BCUT2D eigenvalue weighted by molar-refractivity contribution is 6.17. The van der Waals surface area contributed by atoms with E-state index in [4.69, 9.17) is 16.3 Å². The van der Waals surface area contributed by atoms with E-state index in [1.807, 2.05) is 0 Å². The minimum absolute atomic E-state index is 0.343. The average Bonchev–Trinajstić information content (AvgIpc) is 2.21. The third-order valence-electron chi connectivity index (χ3n) is 2.67. The lowest BCUT2D eigenvalue weighted by Crippen LogP contribution is -2.36. The zero-order valence-corrected chi connectivity index (χ0v) is 11.4. The van der Waals surface area contributed by atoms with Crippen LogP contribution in [0.3, 0.4) is 0 Å². The molecule has 0 bridgehead atoms. The second-order valence-corrected chi connectivity index (χ2v) is 5.40. The van der Waals surface area contributed by atoms with Gasteiger partial charge in [0.15, 0.2) is 0 Å². The van der Waals surface area contributed by atoms with Crippen LogP contribution < -0.4 is 5.32 Å². The maximum Gasteiger partial charge on any atom is 0.0476 e. The van der Waals surface area contributed by atoms with E-state index >= 15 is 0 Å². The minimum Gasteiger partial charge on any atom is -0.385 e. The maximum atomic E-state index is 5.70. The van der Waals surface area contributed by atoms with Crippen LogP contribution in [0, 0.1) is 5.41 Å². The van der Waals surface area contributed by atoms with Crippen molar-refractivity contribution in [3.8, 4) is 0 Å². The summed E-state index contributed by atoms with van der Waals surface area (Å²) in [6, 6.07) is 0.528. The first-order chi connectivity index (χ1) is 7.02. The molecule has 2 nitrogen and oxygen atoms in total. The quantitative estimate of drug-likeness (QED) is 0.621. The van der Waals surface area contributed by atoms with Gasteiger partial charge >= 0.3 is 0 Å². The van der Waals surface area contributed by atoms with E-state index in [0.717, 1.165) is 31.9 Å². The Balaban J connectivity index is 3.62. The molecule has 3 heteroatoms. The van der Waals surface area contributed by atoms with Gasteiger partial charge in [-0.3, -0.25) is 0 Å². The predicted octanol–water partition coefficient (Wildman–Crippen LogP) is 3.05. The SMILES string of the molecule is COCCC(C)NCC(C)(C)CCCCl. The highest BCUT2D eigenvalue weighted by Gasteiger charge is 2.17. The maximum absolute atomic E-state index is 5.70. The number of methoxy groups -OCH3 is 1. The third kappa shape index (κ3) is 9.16. The van der Waals surface area contributed by atoms with E-state index in [-0.39, 0.29) is 0 Å². The summed E-state index contributed by atoms with van der Waals surface area (Å²) in [5.41, 5.74) is 0.343. The highest BCUT2D eigenvalue weighted by Crippen LogP contribution is 2.21. The van der Waals surface area contributed by atoms with Gasteiger partial charge in [0.2, 0.25) is 0 Å². The lowest BCUT2D eigenvalue weighted by molar-refractivity contribution is 0.181. The summed E-state index contributed by atoms with van der Waals surface area (Å²) in [6.45, 7) is 8.66. The molecule has 0 saturated carbocycles. The van der Waals surface area contributed by atoms with Crippen LogP contribution in [0.15, 0.2) is 0 Å². The summed E-state index contributed by atoms with van der Waals surface area (Å²) in [6.07, 6.45) is 3.35. The molecule has 0 heterocycles. The first-order valence-corrected chi connectivity index (χ1v) is 6.33. The normalized spacial score (nSPS) is 14.2. The summed E-state index contributed by atoms with van der Waals surface area (Å²) in [7, 11) is 1.75. The molecule has 1 N–H and O–H groups in total. The van der Waals surface area contributed by atoms with Crippen LogP contribution in [0.5, 0.6) is 0 Å². The van der Waals surface area contributed by atoms with Gasteiger partial charge in [0.25, 0.3) is 0 Å². The Hall–Kier alpha value is 0.210. The second-order valence-electron chi connectivity index (χ2n) is 5.02. The van der Waals surface area contributed by atoms with Crippen molar-refractivity contribution in [2.45, 2.75) is 46.1 Å². The Kier molecular flexibility index (Phi) is 8.49. The van der Waals surface area contributed by atoms with Gasteiger partial charge in [-0.1, -0.05) is 13.8 Å². The van der Waals surface area contributed by atoms with Crippen LogP contribution in [0.25, 0.3) is 0 Å². The van der Waals surface area contributed by atoms with Crippen LogP contribution in [0.4, 0.5) is 0 Å². The molecule has 0 aromatic rings. The molecule has 0 aromatic carbocycles. The highest BCUT2D eigenvalue weighted by atomic mass is 35.5. The van der Waals surface area contributed by atoms with Crippen molar-refractivity contribution in [1.29, 1.82) is 0 Å². The van der Waals surface area contributed by atoms with Gasteiger partial charge in [-0.25, -0.2) is 0 Å². The van der Waals surface area contributed by atoms with Crippen molar-refractivity contribution in [3.63, 3.8) is 0 Å². The van der Waals surface area contributed by atoms with Gasteiger partial charge < -0.3 is 10.1 Å². The standard InChI is InChI=1S/C12H26ClNO/c1-11(6-9-15-4)14-10-12(2,3)7-5-8-13/h11,14H,5-10H2,1-4H3. The molecule has 0 radical (unpaired) electrons. The lowest BCUT2D eigenvalue weighted by atomic mass is 9.88. The molecule has 92 valence electrons. The number of halogens is 1. The van der Waals surface area contributed by atoms with Gasteiger partial charge in [-0.15, -0.1) is 11.6 Å². The van der Waals surface area contributed by atoms with Gasteiger partial charge in [0.05, 0.1) is 0 Å². The van der Waals surface area contributed by atoms with E-state index < -0.39 is 0 Å². The molecule has 0 aliphatic rings. The molecule has 0 aromatic heterocycles. The molecule has 0 aliphatic heterocycles. The first-order valence-electron chi connectivity index (χ1n) is 5.80. The van der Waals surface area contributed by atoms with Crippen LogP contribution in [-0.2, 0) is 4.74 Å². The number of rotatable bonds is 9. The molecule has 0 aliphatic carbocycles. The number of hydrogen-bond acceptors (Lipinski definition) is 2. The number of alkyl halides is 1. The molecule has 0 spiro atoms. The zero-order valence-electron chi connectivity index (χ0n) is 10.6.